The molecule has 2 heteroatoms. The fraction of sp³-hybridized carbons (Fsp3) is 0.647. The van der Waals surface area contributed by atoms with E-state index in [9.17, 15) is 0 Å². The van der Waals surface area contributed by atoms with Crippen LogP contribution in [0.3, 0.4) is 0 Å². The summed E-state index contributed by atoms with van der Waals surface area (Å²) in [5.74, 6) is 2.26. The predicted octanol–water partition coefficient (Wildman–Crippen LogP) is 4.43. The molecule has 1 saturated carbocycles. The molecular formula is C17H25NS. The molecule has 1 nitrogen and oxygen atoms in total. The molecule has 1 aliphatic heterocycles. The van der Waals surface area contributed by atoms with Crippen LogP contribution in [0.1, 0.15) is 38.5 Å². The normalized spacial score (nSPS) is 28.0. The highest BCUT2D eigenvalue weighted by Gasteiger charge is 2.32. The van der Waals surface area contributed by atoms with E-state index in [2.05, 4.69) is 35.2 Å². The van der Waals surface area contributed by atoms with Gasteiger partial charge in [-0.25, -0.2) is 0 Å². The van der Waals surface area contributed by atoms with E-state index in [1.807, 2.05) is 11.8 Å². The van der Waals surface area contributed by atoms with Crippen molar-refractivity contribution in [2.75, 3.05) is 18.8 Å². The van der Waals surface area contributed by atoms with E-state index in [0.29, 0.717) is 0 Å². The third kappa shape index (κ3) is 3.55. The zero-order valence-corrected chi connectivity index (χ0v) is 12.6. The first-order valence-electron chi connectivity index (χ1n) is 7.85. The minimum absolute atomic E-state index is 0.916. The topological polar surface area (TPSA) is 3.24 Å². The predicted molar refractivity (Wildman–Crippen MR) is 83.7 cm³/mol. The highest BCUT2D eigenvalue weighted by Crippen LogP contribution is 2.35. The second-order valence-electron chi connectivity index (χ2n) is 5.95. The fourth-order valence-corrected chi connectivity index (χ4v) is 4.71. The number of thioether (sulfide) groups is 1. The Balaban J connectivity index is 1.49. The Kier molecular flexibility index (Phi) is 4.84. The first kappa shape index (κ1) is 13.5. The molecule has 3 rings (SSSR count). The molecule has 0 amide bonds. The summed E-state index contributed by atoms with van der Waals surface area (Å²) in [6, 6.07) is 11.7. The van der Waals surface area contributed by atoms with Crippen LogP contribution in [0.4, 0.5) is 0 Å². The van der Waals surface area contributed by atoms with Gasteiger partial charge in [0.1, 0.15) is 0 Å². The van der Waals surface area contributed by atoms with E-state index in [1.54, 1.807) is 0 Å². The summed E-state index contributed by atoms with van der Waals surface area (Å²) in [6.45, 7) is 2.62. The van der Waals surface area contributed by atoms with Crippen molar-refractivity contribution in [1.82, 2.24) is 4.90 Å². The Bertz CT molecular complexity index is 376. The second-order valence-corrected chi connectivity index (χ2v) is 7.12. The van der Waals surface area contributed by atoms with Crippen molar-refractivity contribution in [1.29, 1.82) is 0 Å². The van der Waals surface area contributed by atoms with E-state index in [-0.39, 0.29) is 0 Å². The molecule has 1 aromatic carbocycles. The van der Waals surface area contributed by atoms with Crippen LogP contribution in [-0.2, 0) is 0 Å². The molecule has 1 aromatic rings. The zero-order chi connectivity index (χ0) is 12.9. The van der Waals surface area contributed by atoms with Crippen molar-refractivity contribution in [3.05, 3.63) is 30.3 Å². The maximum absolute atomic E-state index is 2.79. The van der Waals surface area contributed by atoms with Crippen LogP contribution in [0.25, 0.3) is 0 Å². The highest BCUT2D eigenvalue weighted by atomic mass is 32.2. The summed E-state index contributed by atoms with van der Waals surface area (Å²) in [6.07, 6.45) is 8.81. The monoisotopic (exact) mass is 275 g/mol. The van der Waals surface area contributed by atoms with Gasteiger partial charge in [-0.2, -0.15) is 0 Å². The number of hydrogen-bond donors (Lipinski definition) is 0. The molecule has 2 aliphatic rings. The van der Waals surface area contributed by atoms with E-state index >= 15 is 0 Å². The number of rotatable bonds is 4. The summed E-state index contributed by atoms with van der Waals surface area (Å²) in [5, 5.41) is 0. The molecular weight excluding hydrogens is 250 g/mol. The minimum atomic E-state index is 0.916. The largest absolute Gasteiger partial charge is 0.299 e. The number of fused-ring (bicyclic) bond motifs is 1. The standard InChI is InChI=1S/C17H25NS/c1-2-9-16(10-3-1)19-14-13-18-12-6-8-15-7-4-5-11-17(15)18/h1-3,9-10,15,17H,4-8,11-14H2. The van der Waals surface area contributed by atoms with Crippen LogP contribution in [-0.4, -0.2) is 29.8 Å². The minimum Gasteiger partial charge on any atom is -0.299 e. The summed E-state index contributed by atoms with van der Waals surface area (Å²) >= 11 is 2.01. The summed E-state index contributed by atoms with van der Waals surface area (Å²) in [5.41, 5.74) is 0. The molecule has 0 aromatic heterocycles. The Morgan fingerprint density at radius 2 is 1.79 bits per heavy atom. The number of piperidine rings is 1. The molecule has 1 heterocycles. The lowest BCUT2D eigenvalue weighted by Gasteiger charge is -2.44. The van der Waals surface area contributed by atoms with Gasteiger partial charge in [0.25, 0.3) is 0 Å². The summed E-state index contributed by atoms with van der Waals surface area (Å²) < 4.78 is 0. The quantitative estimate of drug-likeness (QED) is 0.748. The molecule has 0 N–H and O–H groups in total. The lowest BCUT2D eigenvalue weighted by molar-refractivity contribution is 0.0667. The number of likely N-dealkylation sites (tertiary alicyclic amines) is 1. The first-order valence-corrected chi connectivity index (χ1v) is 8.84. The van der Waals surface area contributed by atoms with Crippen LogP contribution >= 0.6 is 11.8 Å². The van der Waals surface area contributed by atoms with Crippen molar-refractivity contribution in [3.8, 4) is 0 Å². The Labute approximate surface area is 121 Å². The maximum atomic E-state index is 2.79. The van der Waals surface area contributed by atoms with Crippen LogP contribution in [0.15, 0.2) is 35.2 Å². The average molecular weight is 275 g/mol. The van der Waals surface area contributed by atoms with Gasteiger partial charge in [0.2, 0.25) is 0 Å². The van der Waals surface area contributed by atoms with Gasteiger partial charge in [0.05, 0.1) is 0 Å². The van der Waals surface area contributed by atoms with Crippen LogP contribution in [0.2, 0.25) is 0 Å². The van der Waals surface area contributed by atoms with Crippen molar-refractivity contribution < 1.29 is 0 Å². The smallest absolute Gasteiger partial charge is 0.0124 e. The van der Waals surface area contributed by atoms with Gasteiger partial charge in [-0.1, -0.05) is 31.0 Å². The van der Waals surface area contributed by atoms with Crippen molar-refractivity contribution >= 4 is 11.8 Å². The van der Waals surface area contributed by atoms with Gasteiger partial charge >= 0.3 is 0 Å². The van der Waals surface area contributed by atoms with Crippen LogP contribution in [0.5, 0.6) is 0 Å². The number of benzene rings is 1. The van der Waals surface area contributed by atoms with Crippen molar-refractivity contribution in [3.63, 3.8) is 0 Å². The average Bonchev–Trinajstić information content (AvgIpc) is 2.49. The Morgan fingerprint density at radius 3 is 2.68 bits per heavy atom. The molecule has 2 unspecified atom stereocenters. The third-order valence-electron chi connectivity index (χ3n) is 4.75. The lowest BCUT2D eigenvalue weighted by atomic mass is 9.78. The second kappa shape index (κ2) is 6.81. The zero-order valence-electron chi connectivity index (χ0n) is 11.8. The van der Waals surface area contributed by atoms with Crippen LogP contribution < -0.4 is 0 Å². The summed E-state index contributed by atoms with van der Waals surface area (Å²) in [7, 11) is 0. The van der Waals surface area contributed by atoms with Gasteiger partial charge < -0.3 is 0 Å². The lowest BCUT2D eigenvalue weighted by Crippen LogP contribution is -2.47. The molecule has 19 heavy (non-hydrogen) atoms. The van der Waals surface area contributed by atoms with E-state index in [1.165, 1.54) is 62.3 Å². The van der Waals surface area contributed by atoms with Crippen molar-refractivity contribution in [2.45, 2.75) is 49.5 Å². The molecule has 2 atom stereocenters. The SMILES string of the molecule is c1ccc(SCCN2CCCC3CCCCC32)cc1. The molecule has 104 valence electrons. The molecule has 1 saturated heterocycles. The van der Waals surface area contributed by atoms with E-state index < -0.39 is 0 Å². The third-order valence-corrected chi connectivity index (χ3v) is 5.74. The van der Waals surface area contributed by atoms with Gasteiger partial charge in [0, 0.05) is 23.2 Å². The first-order chi connectivity index (χ1) is 9.43. The Morgan fingerprint density at radius 1 is 1.00 bits per heavy atom. The summed E-state index contributed by atoms with van der Waals surface area (Å²) in [4.78, 5) is 4.21. The number of nitrogens with zero attached hydrogens (tertiary/aromatic N) is 1. The van der Waals surface area contributed by atoms with Gasteiger partial charge in [-0.3, -0.25) is 4.90 Å². The molecule has 0 spiro atoms. The highest BCUT2D eigenvalue weighted by molar-refractivity contribution is 7.99. The number of hydrogen-bond acceptors (Lipinski definition) is 2. The van der Waals surface area contributed by atoms with Gasteiger partial charge in [-0.05, 0) is 50.3 Å². The molecule has 0 bridgehead atoms. The fourth-order valence-electron chi connectivity index (χ4n) is 3.80. The Hall–Kier alpha value is -0.470. The van der Waals surface area contributed by atoms with E-state index in [4.69, 9.17) is 0 Å². The molecule has 1 aliphatic carbocycles. The van der Waals surface area contributed by atoms with Crippen LogP contribution in [0, 0.1) is 5.92 Å². The molecule has 0 radical (unpaired) electrons. The maximum Gasteiger partial charge on any atom is 0.0124 e. The van der Waals surface area contributed by atoms with E-state index in [0.717, 1.165) is 12.0 Å². The van der Waals surface area contributed by atoms with Crippen molar-refractivity contribution in [2.24, 2.45) is 5.92 Å². The molecule has 2 fully saturated rings. The van der Waals surface area contributed by atoms with Gasteiger partial charge in [0.15, 0.2) is 0 Å². The van der Waals surface area contributed by atoms with Gasteiger partial charge in [-0.15, -0.1) is 11.8 Å².